The minimum absolute atomic E-state index is 0.101. The van der Waals surface area contributed by atoms with E-state index in [1.54, 1.807) is 6.20 Å². The Hall–Kier alpha value is -3.26. The Labute approximate surface area is 171 Å². The summed E-state index contributed by atoms with van der Waals surface area (Å²) in [6.07, 6.45) is -1.13. The van der Waals surface area contributed by atoms with Gasteiger partial charge in [0.25, 0.3) is 0 Å². The van der Waals surface area contributed by atoms with Gasteiger partial charge in [-0.2, -0.15) is 18.3 Å². The highest BCUT2D eigenvalue weighted by Crippen LogP contribution is 2.29. The van der Waals surface area contributed by atoms with Gasteiger partial charge in [0.15, 0.2) is 5.82 Å². The van der Waals surface area contributed by atoms with Gasteiger partial charge in [-0.15, -0.1) is 0 Å². The first-order chi connectivity index (χ1) is 14.4. The molecule has 154 valence electrons. The van der Waals surface area contributed by atoms with Gasteiger partial charge < -0.3 is 5.73 Å². The average molecular weight is 411 g/mol. The van der Waals surface area contributed by atoms with Crippen molar-refractivity contribution in [2.45, 2.75) is 32.0 Å². The fourth-order valence-electron chi connectivity index (χ4n) is 3.34. The van der Waals surface area contributed by atoms with Crippen molar-refractivity contribution in [3.8, 4) is 17.1 Å². The molecule has 1 unspecified atom stereocenters. The second kappa shape index (κ2) is 7.87. The number of benzene rings is 1. The number of nitrogens with two attached hydrogens (primary N) is 1. The number of pyridine rings is 2. The fraction of sp³-hybridized carbons (Fsp3) is 0.227. The number of hydrogen-bond acceptors (Lipinski definition) is 4. The van der Waals surface area contributed by atoms with Crippen LogP contribution >= 0.6 is 0 Å². The first kappa shape index (κ1) is 20.0. The van der Waals surface area contributed by atoms with Crippen molar-refractivity contribution in [3.63, 3.8) is 0 Å². The highest BCUT2D eigenvalue weighted by molar-refractivity contribution is 5.84. The number of halogens is 3. The highest BCUT2D eigenvalue weighted by atomic mass is 19.4. The average Bonchev–Trinajstić information content (AvgIpc) is 3.17. The van der Waals surface area contributed by atoms with Crippen LogP contribution in [-0.4, -0.2) is 19.7 Å². The van der Waals surface area contributed by atoms with Crippen LogP contribution in [0.25, 0.3) is 28.0 Å². The van der Waals surface area contributed by atoms with E-state index in [9.17, 15) is 13.2 Å². The van der Waals surface area contributed by atoms with Crippen LogP contribution in [0, 0.1) is 0 Å². The van der Waals surface area contributed by atoms with E-state index in [0.29, 0.717) is 5.52 Å². The lowest BCUT2D eigenvalue weighted by atomic mass is 10.1. The first-order valence-electron chi connectivity index (χ1n) is 9.62. The molecule has 0 spiro atoms. The van der Waals surface area contributed by atoms with Crippen molar-refractivity contribution in [2.24, 2.45) is 5.73 Å². The Kier molecular flexibility index (Phi) is 5.26. The van der Waals surface area contributed by atoms with Gasteiger partial charge in [-0.05, 0) is 36.8 Å². The summed E-state index contributed by atoms with van der Waals surface area (Å²) < 4.78 is 40.6. The lowest BCUT2D eigenvalue weighted by Gasteiger charge is -2.12. The molecular formula is C22H20F3N5. The van der Waals surface area contributed by atoms with Crippen LogP contribution in [0.15, 0.2) is 60.8 Å². The molecule has 0 aliphatic carbocycles. The second-order valence-electron chi connectivity index (χ2n) is 7.05. The Morgan fingerprint density at radius 1 is 1.03 bits per heavy atom. The molecule has 30 heavy (non-hydrogen) atoms. The number of aromatic nitrogens is 4. The van der Waals surface area contributed by atoms with Gasteiger partial charge in [0, 0.05) is 17.0 Å². The molecule has 8 heteroatoms. The third-order valence-corrected chi connectivity index (χ3v) is 4.86. The summed E-state index contributed by atoms with van der Waals surface area (Å²) >= 11 is 0. The lowest BCUT2D eigenvalue weighted by molar-refractivity contribution is -0.141. The van der Waals surface area contributed by atoms with Crippen molar-refractivity contribution in [2.75, 3.05) is 0 Å². The predicted octanol–water partition coefficient (Wildman–Crippen LogP) is 5.30. The molecular weight excluding hydrogens is 391 g/mol. The predicted molar refractivity (Wildman–Crippen MR) is 109 cm³/mol. The summed E-state index contributed by atoms with van der Waals surface area (Å²) in [5.41, 5.74) is 8.25. The largest absolute Gasteiger partial charge is 0.433 e. The Morgan fingerprint density at radius 2 is 1.83 bits per heavy atom. The zero-order valence-corrected chi connectivity index (χ0v) is 16.3. The molecule has 2 N–H and O–H groups in total. The smallest absolute Gasteiger partial charge is 0.323 e. The van der Waals surface area contributed by atoms with E-state index in [2.05, 4.69) is 22.0 Å². The van der Waals surface area contributed by atoms with Crippen LogP contribution in [0.5, 0.6) is 0 Å². The molecule has 0 radical (unpaired) electrons. The summed E-state index contributed by atoms with van der Waals surface area (Å²) in [7, 11) is 0. The minimum Gasteiger partial charge on any atom is -0.323 e. The maximum atomic E-state index is 13.1. The SMILES string of the molecule is CCCC(N)c1cccc(-c2ccc3cnn(-c4cccc(C(F)(F)F)n4)c3c2)n1. The van der Waals surface area contributed by atoms with Gasteiger partial charge in [0.2, 0.25) is 0 Å². The molecule has 0 amide bonds. The number of fused-ring (bicyclic) bond motifs is 1. The molecule has 1 atom stereocenters. The third-order valence-electron chi connectivity index (χ3n) is 4.86. The fourth-order valence-corrected chi connectivity index (χ4v) is 3.34. The van der Waals surface area contributed by atoms with Gasteiger partial charge >= 0.3 is 6.18 Å². The minimum atomic E-state index is -4.52. The molecule has 5 nitrogen and oxygen atoms in total. The van der Waals surface area contributed by atoms with Crippen LogP contribution in [0.1, 0.15) is 37.2 Å². The molecule has 1 aromatic carbocycles. The van der Waals surface area contributed by atoms with Gasteiger partial charge in [-0.25, -0.2) is 9.67 Å². The molecule has 0 saturated heterocycles. The summed E-state index contributed by atoms with van der Waals surface area (Å²) in [6, 6.07) is 14.9. The van der Waals surface area contributed by atoms with E-state index in [1.807, 2.05) is 36.4 Å². The number of alkyl halides is 3. The van der Waals surface area contributed by atoms with Gasteiger partial charge in [0.05, 0.1) is 23.1 Å². The van der Waals surface area contributed by atoms with Crippen molar-refractivity contribution in [3.05, 3.63) is 72.2 Å². The van der Waals surface area contributed by atoms with Gasteiger partial charge in [-0.1, -0.05) is 37.6 Å². The summed E-state index contributed by atoms with van der Waals surface area (Å²) in [6.45, 7) is 2.07. The van der Waals surface area contributed by atoms with E-state index in [-0.39, 0.29) is 11.9 Å². The summed E-state index contributed by atoms with van der Waals surface area (Å²) in [5.74, 6) is 0.101. The van der Waals surface area contributed by atoms with E-state index < -0.39 is 11.9 Å². The molecule has 0 bridgehead atoms. The molecule has 3 aromatic heterocycles. The van der Waals surface area contributed by atoms with Crippen molar-refractivity contribution < 1.29 is 13.2 Å². The Bertz CT molecular complexity index is 1180. The maximum absolute atomic E-state index is 13.1. The number of nitrogens with zero attached hydrogens (tertiary/aromatic N) is 4. The van der Waals surface area contributed by atoms with Gasteiger partial charge in [-0.3, -0.25) is 4.98 Å². The summed E-state index contributed by atoms with van der Waals surface area (Å²) in [4.78, 5) is 8.42. The van der Waals surface area contributed by atoms with E-state index >= 15 is 0 Å². The first-order valence-corrected chi connectivity index (χ1v) is 9.62. The molecule has 0 aliphatic rings. The monoisotopic (exact) mass is 411 g/mol. The maximum Gasteiger partial charge on any atom is 0.433 e. The summed E-state index contributed by atoms with van der Waals surface area (Å²) in [5, 5.41) is 5.03. The lowest BCUT2D eigenvalue weighted by Crippen LogP contribution is -2.11. The number of rotatable bonds is 5. The van der Waals surface area contributed by atoms with Crippen molar-refractivity contribution in [1.82, 2.24) is 19.7 Å². The Balaban J connectivity index is 1.77. The van der Waals surface area contributed by atoms with Crippen LogP contribution in [0.3, 0.4) is 0 Å². The van der Waals surface area contributed by atoms with E-state index in [4.69, 9.17) is 5.73 Å². The molecule has 0 aliphatic heterocycles. The van der Waals surface area contributed by atoms with E-state index in [1.165, 1.54) is 16.8 Å². The number of hydrogen-bond donors (Lipinski definition) is 1. The van der Waals surface area contributed by atoms with Crippen molar-refractivity contribution in [1.29, 1.82) is 0 Å². The van der Waals surface area contributed by atoms with Crippen LogP contribution in [0.2, 0.25) is 0 Å². The third kappa shape index (κ3) is 3.91. The quantitative estimate of drug-likeness (QED) is 0.484. The second-order valence-corrected chi connectivity index (χ2v) is 7.05. The topological polar surface area (TPSA) is 69.6 Å². The van der Waals surface area contributed by atoms with Gasteiger partial charge in [0.1, 0.15) is 5.69 Å². The van der Waals surface area contributed by atoms with Crippen LogP contribution in [-0.2, 0) is 6.18 Å². The highest BCUT2D eigenvalue weighted by Gasteiger charge is 2.32. The molecule has 4 aromatic rings. The van der Waals surface area contributed by atoms with Crippen molar-refractivity contribution >= 4 is 10.9 Å². The molecule has 3 heterocycles. The molecule has 4 rings (SSSR count). The normalized spacial score (nSPS) is 13.0. The zero-order valence-electron chi connectivity index (χ0n) is 16.3. The molecule has 0 fully saturated rings. The standard InChI is InChI=1S/C22H20F3N5/c1-2-5-16(26)18-7-3-6-17(28-18)14-10-11-15-13-27-30(19(15)12-14)21-9-4-8-20(29-21)22(23,24)25/h3-4,6-13,16H,2,5,26H2,1H3. The van der Waals surface area contributed by atoms with Crippen LogP contribution in [0.4, 0.5) is 13.2 Å². The van der Waals surface area contributed by atoms with E-state index in [0.717, 1.165) is 41.2 Å². The molecule has 0 saturated carbocycles. The Morgan fingerprint density at radius 3 is 2.60 bits per heavy atom. The zero-order chi connectivity index (χ0) is 21.3. The van der Waals surface area contributed by atoms with Crippen LogP contribution < -0.4 is 5.73 Å².